The first-order valence-electron chi connectivity index (χ1n) is 5.93. The first kappa shape index (κ1) is 10.4. The maximum Gasteiger partial charge on any atom is 0.115 e. The molecule has 0 spiro atoms. The molecule has 0 saturated carbocycles. The molecule has 2 aromatic rings. The Labute approximate surface area is 101 Å². The van der Waals surface area contributed by atoms with Gasteiger partial charge in [0.1, 0.15) is 5.75 Å². The van der Waals surface area contributed by atoms with Crippen LogP contribution < -0.4 is 5.73 Å². The van der Waals surface area contributed by atoms with E-state index in [-0.39, 0.29) is 0 Å². The first-order chi connectivity index (χ1) is 8.31. The fourth-order valence-electron chi connectivity index (χ4n) is 2.78. The predicted molar refractivity (Wildman–Crippen MR) is 69.1 cm³/mol. The smallest absolute Gasteiger partial charge is 0.115 e. The van der Waals surface area contributed by atoms with Gasteiger partial charge in [-0.15, -0.1) is 0 Å². The zero-order chi connectivity index (χ0) is 11.8. The van der Waals surface area contributed by atoms with Gasteiger partial charge < -0.3 is 10.8 Å². The fraction of sp³-hybridized carbons (Fsp3) is 0.200. The van der Waals surface area contributed by atoms with Gasteiger partial charge in [-0.25, -0.2) is 0 Å². The molecule has 17 heavy (non-hydrogen) atoms. The summed E-state index contributed by atoms with van der Waals surface area (Å²) in [7, 11) is 0. The normalized spacial score (nSPS) is 16.6. The third-order valence-corrected chi connectivity index (χ3v) is 3.49. The molecular weight excluding hydrogens is 210 g/mol. The summed E-state index contributed by atoms with van der Waals surface area (Å²) in [4.78, 5) is 0. The van der Waals surface area contributed by atoms with Gasteiger partial charge in [-0.1, -0.05) is 30.3 Å². The Morgan fingerprint density at radius 3 is 2.59 bits per heavy atom. The largest absolute Gasteiger partial charge is 0.508 e. The van der Waals surface area contributed by atoms with Crippen LogP contribution in [-0.4, -0.2) is 11.7 Å². The van der Waals surface area contributed by atoms with Crippen molar-refractivity contribution in [1.29, 1.82) is 0 Å². The Bertz CT molecular complexity index is 563. The summed E-state index contributed by atoms with van der Waals surface area (Å²) in [5.74, 6) is 0.664. The molecule has 1 aliphatic carbocycles. The number of benzene rings is 2. The summed E-state index contributed by atoms with van der Waals surface area (Å²) in [6.07, 6.45) is 0.924. The first-order valence-corrected chi connectivity index (χ1v) is 5.93. The van der Waals surface area contributed by atoms with Crippen LogP contribution in [0.2, 0.25) is 0 Å². The number of aromatic hydroxyl groups is 1. The molecule has 86 valence electrons. The topological polar surface area (TPSA) is 46.2 Å². The molecule has 0 aliphatic heterocycles. The number of phenolic OH excluding ortho intramolecular Hbond substituents is 1. The molecule has 1 aliphatic rings. The van der Waals surface area contributed by atoms with E-state index in [1.165, 1.54) is 22.3 Å². The van der Waals surface area contributed by atoms with E-state index in [0.717, 1.165) is 6.42 Å². The van der Waals surface area contributed by atoms with E-state index < -0.39 is 0 Å². The maximum atomic E-state index is 9.63. The van der Waals surface area contributed by atoms with Crippen LogP contribution in [0.5, 0.6) is 5.75 Å². The van der Waals surface area contributed by atoms with Crippen LogP contribution in [0.3, 0.4) is 0 Å². The molecule has 2 nitrogen and oxygen atoms in total. The van der Waals surface area contributed by atoms with Gasteiger partial charge in [0.05, 0.1) is 0 Å². The molecule has 0 heterocycles. The standard InChI is InChI=1S/C15H15NO/c16-8-7-14-12-4-2-1-3-11(12)13-6-5-10(17)9-15(13)14/h1-6,9,14,17H,7-8,16H2. The van der Waals surface area contributed by atoms with Gasteiger partial charge in [0.15, 0.2) is 0 Å². The van der Waals surface area contributed by atoms with Crippen molar-refractivity contribution in [3.8, 4) is 16.9 Å². The lowest BCUT2D eigenvalue weighted by molar-refractivity contribution is 0.474. The second-order valence-electron chi connectivity index (χ2n) is 4.49. The molecule has 0 bridgehead atoms. The third kappa shape index (κ3) is 1.53. The van der Waals surface area contributed by atoms with Gasteiger partial charge in [-0.2, -0.15) is 0 Å². The van der Waals surface area contributed by atoms with E-state index in [4.69, 9.17) is 5.73 Å². The number of fused-ring (bicyclic) bond motifs is 3. The van der Waals surface area contributed by atoms with Crippen LogP contribution in [0.15, 0.2) is 42.5 Å². The zero-order valence-corrected chi connectivity index (χ0v) is 9.56. The molecule has 0 aromatic heterocycles. The van der Waals surface area contributed by atoms with E-state index in [2.05, 4.69) is 24.3 Å². The Balaban J connectivity index is 2.22. The Hall–Kier alpha value is -1.80. The van der Waals surface area contributed by atoms with Crippen molar-refractivity contribution in [2.75, 3.05) is 6.54 Å². The van der Waals surface area contributed by atoms with E-state index in [0.29, 0.717) is 18.2 Å². The Morgan fingerprint density at radius 1 is 1.00 bits per heavy atom. The zero-order valence-electron chi connectivity index (χ0n) is 9.56. The van der Waals surface area contributed by atoms with Crippen molar-refractivity contribution in [2.45, 2.75) is 12.3 Å². The van der Waals surface area contributed by atoms with Crippen molar-refractivity contribution >= 4 is 0 Å². The molecule has 0 amide bonds. The SMILES string of the molecule is NCCC1c2ccccc2-c2ccc(O)cc21. The van der Waals surface area contributed by atoms with Crippen LogP contribution in [0.25, 0.3) is 11.1 Å². The Morgan fingerprint density at radius 2 is 1.76 bits per heavy atom. The quantitative estimate of drug-likeness (QED) is 0.825. The average Bonchev–Trinajstić information content (AvgIpc) is 2.65. The summed E-state index contributed by atoms with van der Waals surface area (Å²) in [6, 6.07) is 14.0. The lowest BCUT2D eigenvalue weighted by Crippen LogP contribution is -2.06. The van der Waals surface area contributed by atoms with E-state index in [1.807, 2.05) is 12.1 Å². The van der Waals surface area contributed by atoms with Gasteiger partial charge in [0.2, 0.25) is 0 Å². The minimum Gasteiger partial charge on any atom is -0.508 e. The van der Waals surface area contributed by atoms with Gasteiger partial charge in [0.25, 0.3) is 0 Å². The van der Waals surface area contributed by atoms with Crippen LogP contribution in [-0.2, 0) is 0 Å². The van der Waals surface area contributed by atoms with Crippen LogP contribution in [0.4, 0.5) is 0 Å². The minimum absolute atomic E-state index is 0.332. The van der Waals surface area contributed by atoms with E-state index in [1.54, 1.807) is 6.07 Å². The monoisotopic (exact) mass is 225 g/mol. The predicted octanol–water partition coefficient (Wildman–Crippen LogP) is 2.85. The van der Waals surface area contributed by atoms with E-state index >= 15 is 0 Å². The molecule has 3 N–H and O–H groups in total. The molecule has 2 heteroatoms. The maximum absolute atomic E-state index is 9.63. The summed E-state index contributed by atoms with van der Waals surface area (Å²) >= 11 is 0. The molecule has 0 radical (unpaired) electrons. The molecule has 1 atom stereocenters. The van der Waals surface area contributed by atoms with Gasteiger partial charge in [-0.3, -0.25) is 0 Å². The van der Waals surface area contributed by atoms with Gasteiger partial charge in [0, 0.05) is 5.92 Å². The highest BCUT2D eigenvalue weighted by Crippen LogP contribution is 2.46. The van der Waals surface area contributed by atoms with Crippen LogP contribution >= 0.6 is 0 Å². The third-order valence-electron chi connectivity index (χ3n) is 3.49. The molecule has 2 aromatic carbocycles. The fourth-order valence-corrected chi connectivity index (χ4v) is 2.78. The van der Waals surface area contributed by atoms with Crippen molar-refractivity contribution in [2.24, 2.45) is 5.73 Å². The second kappa shape index (κ2) is 3.90. The van der Waals surface area contributed by atoms with Gasteiger partial charge in [-0.05, 0) is 47.4 Å². The number of rotatable bonds is 2. The lowest BCUT2D eigenvalue weighted by atomic mass is 9.94. The number of hydrogen-bond donors (Lipinski definition) is 2. The van der Waals surface area contributed by atoms with Crippen molar-refractivity contribution in [3.63, 3.8) is 0 Å². The van der Waals surface area contributed by atoms with Crippen molar-refractivity contribution in [3.05, 3.63) is 53.6 Å². The van der Waals surface area contributed by atoms with Crippen molar-refractivity contribution in [1.82, 2.24) is 0 Å². The highest BCUT2D eigenvalue weighted by atomic mass is 16.3. The summed E-state index contributed by atoms with van der Waals surface area (Å²) < 4.78 is 0. The summed E-state index contributed by atoms with van der Waals surface area (Å²) in [6.45, 7) is 0.661. The van der Waals surface area contributed by atoms with Crippen LogP contribution in [0, 0.1) is 0 Å². The number of phenols is 1. The molecule has 0 saturated heterocycles. The van der Waals surface area contributed by atoms with Gasteiger partial charge >= 0.3 is 0 Å². The average molecular weight is 225 g/mol. The molecule has 3 rings (SSSR count). The summed E-state index contributed by atoms with van der Waals surface area (Å²) in [5.41, 5.74) is 10.7. The highest BCUT2D eigenvalue weighted by Gasteiger charge is 2.27. The molecular formula is C15H15NO. The Kier molecular flexibility index (Phi) is 2.37. The minimum atomic E-state index is 0.332. The van der Waals surface area contributed by atoms with Crippen molar-refractivity contribution < 1.29 is 5.11 Å². The number of hydrogen-bond acceptors (Lipinski definition) is 2. The molecule has 0 fully saturated rings. The number of nitrogens with two attached hydrogens (primary N) is 1. The summed E-state index contributed by atoms with van der Waals surface area (Å²) in [5, 5.41) is 9.63. The second-order valence-corrected chi connectivity index (χ2v) is 4.49. The highest BCUT2D eigenvalue weighted by molar-refractivity contribution is 5.79. The van der Waals surface area contributed by atoms with E-state index in [9.17, 15) is 5.11 Å². The molecule has 1 unspecified atom stereocenters. The lowest BCUT2D eigenvalue weighted by Gasteiger charge is -2.11. The van der Waals surface area contributed by atoms with Crippen LogP contribution in [0.1, 0.15) is 23.5 Å².